The van der Waals surface area contributed by atoms with Crippen LogP contribution >= 0.6 is 11.6 Å². The van der Waals surface area contributed by atoms with Crippen LogP contribution < -0.4 is 5.73 Å². The minimum atomic E-state index is -4.28. The first kappa shape index (κ1) is 17.2. The van der Waals surface area contributed by atoms with Crippen molar-refractivity contribution in [2.24, 2.45) is 5.73 Å². The zero-order valence-electron chi connectivity index (χ0n) is 12.5. The van der Waals surface area contributed by atoms with E-state index < -0.39 is 39.5 Å². The van der Waals surface area contributed by atoms with E-state index in [1.165, 1.54) is 30.3 Å². The minimum absolute atomic E-state index is 0.0188. The Kier molecular flexibility index (Phi) is 4.40. The maximum absolute atomic E-state index is 13.4. The smallest absolute Gasteiger partial charge is 0.339 e. The fraction of sp³-hybridized carbons (Fsp3) is 0.0625. The molecule has 25 heavy (non-hydrogen) atoms. The topological polar surface area (TPSA) is 95.7 Å². The number of Topliss-reactive ketones (excluding diaryl/α,β-unsaturated/α-hetero) is 1. The van der Waals surface area contributed by atoms with Crippen molar-refractivity contribution in [3.05, 3.63) is 76.6 Å². The van der Waals surface area contributed by atoms with E-state index in [4.69, 9.17) is 26.3 Å². The third-order valence-corrected chi connectivity index (χ3v) is 4.98. The number of nitrogens with two attached hydrogens (primary N) is 1. The van der Waals surface area contributed by atoms with Crippen LogP contribution in [0.5, 0.6) is 0 Å². The average Bonchev–Trinajstić information content (AvgIpc) is 2.85. The molecule has 0 spiro atoms. The number of halogens is 2. The van der Waals surface area contributed by atoms with E-state index in [1.54, 1.807) is 6.07 Å². The van der Waals surface area contributed by atoms with Crippen LogP contribution in [0.4, 0.5) is 4.39 Å². The van der Waals surface area contributed by atoms with Crippen molar-refractivity contribution in [3.8, 4) is 0 Å². The highest BCUT2D eigenvalue weighted by Crippen LogP contribution is 2.36. The lowest BCUT2D eigenvalue weighted by molar-refractivity contribution is -0.123. The summed E-state index contributed by atoms with van der Waals surface area (Å²) in [5.74, 6) is -2.70. The molecule has 0 amide bonds. The predicted molar refractivity (Wildman–Crippen MR) is 86.2 cm³/mol. The molecule has 1 unspecified atom stereocenters. The normalized spacial score (nSPS) is 17.5. The third kappa shape index (κ3) is 3.31. The van der Waals surface area contributed by atoms with Crippen LogP contribution in [0.2, 0.25) is 5.02 Å². The zero-order chi connectivity index (χ0) is 18.2. The van der Waals surface area contributed by atoms with Crippen LogP contribution in [0.25, 0.3) is 0 Å². The Bertz CT molecular complexity index is 975. The zero-order valence-corrected chi connectivity index (χ0v) is 14.1. The molecule has 1 heterocycles. The minimum Gasteiger partial charge on any atom is -0.460 e. The van der Waals surface area contributed by atoms with Gasteiger partial charge in [-0.3, -0.25) is 4.79 Å². The molecule has 0 fully saturated rings. The summed E-state index contributed by atoms with van der Waals surface area (Å²) in [4.78, 5) is 12.3. The van der Waals surface area contributed by atoms with Crippen LogP contribution in [0.1, 0.15) is 11.7 Å². The molecular weight excluding hydrogens is 373 g/mol. The quantitative estimate of drug-likeness (QED) is 0.815. The van der Waals surface area contributed by atoms with E-state index in [0.717, 1.165) is 12.1 Å². The molecule has 0 aromatic heterocycles. The summed E-state index contributed by atoms with van der Waals surface area (Å²) in [6.07, 6.45) is -1.39. The van der Waals surface area contributed by atoms with E-state index in [2.05, 4.69) is 0 Å². The molecule has 130 valence electrons. The van der Waals surface area contributed by atoms with Gasteiger partial charge in [-0.2, -0.15) is 8.42 Å². The Morgan fingerprint density at radius 2 is 1.84 bits per heavy atom. The summed E-state index contributed by atoms with van der Waals surface area (Å²) in [6.45, 7) is 0. The average molecular weight is 384 g/mol. The standard InChI is InChI=1S/C16H11ClFNO5S/c17-12-7-6-9(18)8-11(12)14-13(20)15(16(19)23-14)24-25(21,22)10-4-2-1-3-5-10/h1-8,14H,19H2. The van der Waals surface area contributed by atoms with Crippen molar-refractivity contribution in [2.75, 3.05) is 0 Å². The Morgan fingerprint density at radius 1 is 1.16 bits per heavy atom. The molecule has 0 saturated carbocycles. The first-order valence-corrected chi connectivity index (χ1v) is 8.73. The molecule has 0 saturated heterocycles. The number of benzene rings is 2. The second-order valence-corrected chi connectivity index (χ2v) is 7.03. The molecule has 6 nitrogen and oxygen atoms in total. The van der Waals surface area contributed by atoms with Crippen molar-refractivity contribution in [1.29, 1.82) is 0 Å². The Hall–Kier alpha value is -2.58. The van der Waals surface area contributed by atoms with Crippen LogP contribution in [0, 0.1) is 5.82 Å². The van der Waals surface area contributed by atoms with Gasteiger partial charge >= 0.3 is 10.1 Å². The van der Waals surface area contributed by atoms with Crippen LogP contribution in [0.15, 0.2) is 65.1 Å². The van der Waals surface area contributed by atoms with Crippen LogP contribution in [-0.4, -0.2) is 14.2 Å². The van der Waals surface area contributed by atoms with Gasteiger partial charge in [0.2, 0.25) is 17.4 Å². The molecule has 2 aromatic rings. The SMILES string of the molecule is NC1=C(OS(=O)(=O)c2ccccc2)C(=O)C(c2cc(F)ccc2Cl)O1. The van der Waals surface area contributed by atoms with Crippen molar-refractivity contribution < 1.29 is 26.5 Å². The van der Waals surface area contributed by atoms with E-state index in [1.807, 2.05) is 0 Å². The number of ketones is 1. The van der Waals surface area contributed by atoms with Gasteiger partial charge in [-0.1, -0.05) is 29.8 Å². The van der Waals surface area contributed by atoms with Gasteiger partial charge in [-0.25, -0.2) is 4.39 Å². The molecule has 0 radical (unpaired) electrons. The fourth-order valence-electron chi connectivity index (χ4n) is 2.22. The first-order valence-electron chi connectivity index (χ1n) is 6.94. The van der Waals surface area contributed by atoms with Gasteiger partial charge in [0.15, 0.2) is 6.10 Å². The van der Waals surface area contributed by atoms with Gasteiger partial charge in [0.1, 0.15) is 10.7 Å². The predicted octanol–water partition coefficient (Wildman–Crippen LogP) is 2.65. The molecule has 9 heteroatoms. The summed E-state index contributed by atoms with van der Waals surface area (Å²) in [7, 11) is -4.28. The molecule has 1 aliphatic rings. The number of carbonyl (C=O) groups excluding carboxylic acids is 1. The maximum Gasteiger partial charge on any atom is 0.339 e. The van der Waals surface area contributed by atoms with E-state index in [-0.39, 0.29) is 15.5 Å². The van der Waals surface area contributed by atoms with E-state index >= 15 is 0 Å². The van der Waals surface area contributed by atoms with Crippen LogP contribution in [0.3, 0.4) is 0 Å². The molecule has 2 aromatic carbocycles. The lowest BCUT2D eigenvalue weighted by atomic mass is 10.1. The van der Waals surface area contributed by atoms with Gasteiger partial charge < -0.3 is 14.7 Å². The molecule has 1 aliphatic heterocycles. The lowest BCUT2D eigenvalue weighted by Gasteiger charge is -2.11. The molecule has 3 rings (SSSR count). The highest BCUT2D eigenvalue weighted by atomic mass is 35.5. The van der Waals surface area contributed by atoms with Gasteiger partial charge in [-0.05, 0) is 30.3 Å². The Labute approximate surface area is 147 Å². The molecule has 2 N–H and O–H groups in total. The summed E-state index contributed by atoms with van der Waals surface area (Å²) in [5.41, 5.74) is 5.60. The number of ether oxygens (including phenoxy) is 1. The first-order chi connectivity index (χ1) is 11.8. The van der Waals surface area contributed by atoms with Gasteiger partial charge in [0, 0.05) is 10.6 Å². The number of carbonyl (C=O) groups is 1. The second kappa shape index (κ2) is 6.38. The molecule has 1 atom stereocenters. The van der Waals surface area contributed by atoms with Gasteiger partial charge in [0.05, 0.1) is 0 Å². The monoisotopic (exact) mass is 383 g/mol. The van der Waals surface area contributed by atoms with Crippen molar-refractivity contribution in [1.82, 2.24) is 0 Å². The van der Waals surface area contributed by atoms with Crippen LogP contribution in [-0.2, 0) is 23.8 Å². The second-order valence-electron chi connectivity index (χ2n) is 5.07. The molecule has 0 bridgehead atoms. The third-order valence-electron chi connectivity index (χ3n) is 3.40. The number of hydrogen-bond donors (Lipinski definition) is 1. The van der Waals surface area contributed by atoms with E-state index in [9.17, 15) is 17.6 Å². The summed E-state index contributed by atoms with van der Waals surface area (Å²) < 4.78 is 47.9. The number of hydrogen-bond acceptors (Lipinski definition) is 6. The Balaban J connectivity index is 1.90. The van der Waals surface area contributed by atoms with Crippen molar-refractivity contribution in [3.63, 3.8) is 0 Å². The van der Waals surface area contributed by atoms with E-state index in [0.29, 0.717) is 0 Å². The van der Waals surface area contributed by atoms with Gasteiger partial charge in [0.25, 0.3) is 0 Å². The largest absolute Gasteiger partial charge is 0.460 e. The van der Waals surface area contributed by atoms with Crippen molar-refractivity contribution >= 4 is 27.5 Å². The Morgan fingerprint density at radius 3 is 2.52 bits per heavy atom. The fourth-order valence-corrected chi connectivity index (χ4v) is 3.41. The maximum atomic E-state index is 13.4. The highest BCUT2D eigenvalue weighted by molar-refractivity contribution is 7.86. The summed E-state index contributed by atoms with van der Waals surface area (Å²) >= 11 is 5.95. The lowest BCUT2D eigenvalue weighted by Crippen LogP contribution is -2.15. The van der Waals surface area contributed by atoms with Gasteiger partial charge in [-0.15, -0.1) is 0 Å². The summed E-state index contributed by atoms with van der Waals surface area (Å²) in [6, 6.07) is 10.6. The highest BCUT2D eigenvalue weighted by Gasteiger charge is 2.40. The molecular formula is C16H11ClFNO5S. The number of rotatable bonds is 4. The summed E-state index contributed by atoms with van der Waals surface area (Å²) in [5, 5.41) is 0.0692. The molecule has 0 aliphatic carbocycles. The van der Waals surface area contributed by atoms with Crippen molar-refractivity contribution in [2.45, 2.75) is 11.0 Å².